The van der Waals surface area contributed by atoms with E-state index in [0.29, 0.717) is 23.6 Å². The number of benzene rings is 1. The van der Waals surface area contributed by atoms with Gasteiger partial charge in [-0.2, -0.15) is 5.26 Å². The minimum absolute atomic E-state index is 0.0380. The highest BCUT2D eigenvalue weighted by atomic mass is 32.2. The molecule has 2 N–H and O–H groups in total. The third-order valence-corrected chi connectivity index (χ3v) is 4.81. The molecule has 6 heteroatoms. The normalized spacial score (nSPS) is 16.8. The molecule has 0 aliphatic carbocycles. The van der Waals surface area contributed by atoms with E-state index in [0.717, 1.165) is 25.9 Å². The third kappa shape index (κ3) is 4.60. The van der Waals surface area contributed by atoms with Crippen molar-refractivity contribution in [3.8, 4) is 6.07 Å². The van der Waals surface area contributed by atoms with E-state index in [4.69, 9.17) is 5.26 Å². The lowest BCUT2D eigenvalue weighted by Crippen LogP contribution is -2.36. The molecule has 0 atom stereocenters. The van der Waals surface area contributed by atoms with Gasteiger partial charge in [0.15, 0.2) is 0 Å². The van der Waals surface area contributed by atoms with Crippen LogP contribution in [0.15, 0.2) is 24.3 Å². The van der Waals surface area contributed by atoms with Crippen LogP contribution in [0.1, 0.15) is 24.0 Å². The molecule has 0 saturated carbocycles. The summed E-state index contributed by atoms with van der Waals surface area (Å²) in [7, 11) is -3.31. The summed E-state index contributed by atoms with van der Waals surface area (Å²) in [4.78, 5) is 0. The molecule has 1 heterocycles. The smallest absolute Gasteiger partial charge is 0.215 e. The quantitative estimate of drug-likeness (QED) is 0.848. The summed E-state index contributed by atoms with van der Waals surface area (Å²) in [6.45, 7) is 2.43. The third-order valence-electron chi connectivity index (χ3n) is 3.49. The maximum absolute atomic E-state index is 12.0. The monoisotopic (exact) mass is 293 g/mol. The van der Waals surface area contributed by atoms with Gasteiger partial charge in [0.1, 0.15) is 0 Å². The van der Waals surface area contributed by atoms with Gasteiger partial charge in [-0.1, -0.05) is 12.1 Å². The zero-order valence-corrected chi connectivity index (χ0v) is 12.1. The number of nitriles is 1. The van der Waals surface area contributed by atoms with E-state index in [-0.39, 0.29) is 5.75 Å². The summed E-state index contributed by atoms with van der Waals surface area (Å²) in [6.07, 6.45) is 2.03. The molecule has 108 valence electrons. The van der Waals surface area contributed by atoms with Gasteiger partial charge in [-0.15, -0.1) is 0 Å². The number of nitrogens with zero attached hydrogens (tertiary/aromatic N) is 1. The predicted octanol–water partition coefficient (Wildman–Crippen LogP) is 0.977. The van der Waals surface area contributed by atoms with Crippen LogP contribution in [0.4, 0.5) is 0 Å². The fourth-order valence-electron chi connectivity index (χ4n) is 2.28. The van der Waals surface area contributed by atoms with E-state index in [2.05, 4.69) is 10.0 Å². The van der Waals surface area contributed by atoms with Crippen LogP contribution in [-0.4, -0.2) is 28.1 Å². The highest BCUT2D eigenvalue weighted by Gasteiger charge is 2.17. The zero-order chi connectivity index (χ0) is 14.4. The van der Waals surface area contributed by atoms with Gasteiger partial charge in [0.25, 0.3) is 0 Å². The number of sulfonamides is 1. The molecule has 1 aliphatic heterocycles. The van der Waals surface area contributed by atoms with Crippen LogP contribution in [0.3, 0.4) is 0 Å². The van der Waals surface area contributed by atoms with Crippen molar-refractivity contribution in [2.75, 3.05) is 19.6 Å². The van der Waals surface area contributed by atoms with Gasteiger partial charge in [-0.05, 0) is 49.5 Å². The summed E-state index contributed by atoms with van der Waals surface area (Å²) in [5, 5.41) is 12.0. The Morgan fingerprint density at radius 1 is 1.25 bits per heavy atom. The molecule has 0 bridgehead atoms. The Kier molecular flexibility index (Phi) is 5.12. The van der Waals surface area contributed by atoms with Crippen molar-refractivity contribution < 1.29 is 8.42 Å². The van der Waals surface area contributed by atoms with Crippen molar-refractivity contribution in [3.63, 3.8) is 0 Å². The number of hydrogen-bond donors (Lipinski definition) is 2. The molecule has 2 rings (SSSR count). The summed E-state index contributed by atoms with van der Waals surface area (Å²) in [5.74, 6) is 0.385. The highest BCUT2D eigenvalue weighted by Crippen LogP contribution is 2.12. The second kappa shape index (κ2) is 6.84. The van der Waals surface area contributed by atoms with Gasteiger partial charge >= 0.3 is 0 Å². The van der Waals surface area contributed by atoms with Gasteiger partial charge < -0.3 is 5.32 Å². The van der Waals surface area contributed by atoms with Gasteiger partial charge in [0.2, 0.25) is 10.0 Å². The first kappa shape index (κ1) is 15.0. The number of nitrogens with one attached hydrogen (secondary N) is 2. The molecule has 20 heavy (non-hydrogen) atoms. The number of rotatable bonds is 5. The Labute approximate surface area is 120 Å². The summed E-state index contributed by atoms with van der Waals surface area (Å²) in [5.41, 5.74) is 1.23. The van der Waals surface area contributed by atoms with Crippen LogP contribution >= 0.6 is 0 Å². The molecule has 0 spiro atoms. The first-order chi connectivity index (χ1) is 9.59. The van der Waals surface area contributed by atoms with E-state index < -0.39 is 10.0 Å². The minimum atomic E-state index is -3.31. The van der Waals surface area contributed by atoms with Crippen molar-refractivity contribution in [2.45, 2.75) is 18.6 Å². The molecule has 5 nitrogen and oxygen atoms in total. The molecule has 0 aromatic heterocycles. The van der Waals surface area contributed by atoms with E-state index >= 15 is 0 Å². The topological polar surface area (TPSA) is 82.0 Å². The van der Waals surface area contributed by atoms with Crippen molar-refractivity contribution in [1.29, 1.82) is 5.26 Å². The predicted molar refractivity (Wildman–Crippen MR) is 77.4 cm³/mol. The molecule has 0 unspecified atom stereocenters. The fraction of sp³-hybridized carbons (Fsp3) is 0.500. The van der Waals surface area contributed by atoms with Crippen molar-refractivity contribution in [2.24, 2.45) is 5.92 Å². The van der Waals surface area contributed by atoms with Gasteiger partial charge in [-0.3, -0.25) is 0 Å². The SMILES string of the molecule is N#Cc1ccc(CS(=O)(=O)NCC2CCNCC2)cc1. The van der Waals surface area contributed by atoms with Crippen LogP contribution in [0.5, 0.6) is 0 Å². The van der Waals surface area contributed by atoms with Gasteiger partial charge in [0.05, 0.1) is 17.4 Å². The largest absolute Gasteiger partial charge is 0.317 e. The lowest BCUT2D eigenvalue weighted by atomic mass is 9.99. The second-order valence-corrected chi connectivity index (χ2v) is 6.92. The molecule has 1 fully saturated rings. The molecule has 1 aromatic carbocycles. The molecular weight excluding hydrogens is 274 g/mol. The molecule has 1 aliphatic rings. The molecule has 0 radical (unpaired) electrons. The lowest BCUT2D eigenvalue weighted by Gasteiger charge is -2.22. The Morgan fingerprint density at radius 2 is 1.90 bits per heavy atom. The molecule has 1 aromatic rings. The molecule has 1 saturated heterocycles. The second-order valence-electron chi connectivity index (χ2n) is 5.11. The average Bonchev–Trinajstić information content (AvgIpc) is 2.47. The Hall–Kier alpha value is -1.42. The molecular formula is C14H19N3O2S. The number of hydrogen-bond acceptors (Lipinski definition) is 4. The standard InChI is InChI=1S/C14H19N3O2S/c15-9-12-1-3-14(4-2-12)11-20(18,19)17-10-13-5-7-16-8-6-13/h1-4,13,16-17H,5-8,10-11H2. The van der Waals surface area contributed by atoms with Crippen molar-refractivity contribution in [3.05, 3.63) is 35.4 Å². The van der Waals surface area contributed by atoms with Gasteiger partial charge in [0, 0.05) is 6.54 Å². The van der Waals surface area contributed by atoms with Crippen LogP contribution in [0.25, 0.3) is 0 Å². The summed E-state index contributed by atoms with van der Waals surface area (Å²) < 4.78 is 26.7. The van der Waals surface area contributed by atoms with Gasteiger partial charge in [-0.25, -0.2) is 13.1 Å². The van der Waals surface area contributed by atoms with Crippen LogP contribution in [0.2, 0.25) is 0 Å². The lowest BCUT2D eigenvalue weighted by molar-refractivity contribution is 0.372. The average molecular weight is 293 g/mol. The van der Waals surface area contributed by atoms with Crippen molar-refractivity contribution in [1.82, 2.24) is 10.0 Å². The van der Waals surface area contributed by atoms with E-state index in [9.17, 15) is 8.42 Å². The van der Waals surface area contributed by atoms with E-state index in [1.54, 1.807) is 24.3 Å². The van der Waals surface area contributed by atoms with E-state index in [1.165, 1.54) is 0 Å². The first-order valence-corrected chi connectivity index (χ1v) is 8.41. The zero-order valence-electron chi connectivity index (χ0n) is 11.3. The minimum Gasteiger partial charge on any atom is -0.317 e. The maximum Gasteiger partial charge on any atom is 0.215 e. The first-order valence-electron chi connectivity index (χ1n) is 6.76. The Bertz CT molecular complexity index is 569. The molecule has 0 amide bonds. The Balaban J connectivity index is 1.87. The fourth-order valence-corrected chi connectivity index (χ4v) is 3.50. The highest BCUT2D eigenvalue weighted by molar-refractivity contribution is 7.88. The van der Waals surface area contributed by atoms with Crippen LogP contribution in [-0.2, 0) is 15.8 Å². The summed E-state index contributed by atoms with van der Waals surface area (Å²) >= 11 is 0. The summed E-state index contributed by atoms with van der Waals surface area (Å²) in [6, 6.07) is 8.65. The van der Waals surface area contributed by atoms with E-state index in [1.807, 2.05) is 6.07 Å². The Morgan fingerprint density at radius 3 is 2.50 bits per heavy atom. The van der Waals surface area contributed by atoms with Crippen LogP contribution in [0, 0.1) is 17.2 Å². The van der Waals surface area contributed by atoms with Crippen LogP contribution < -0.4 is 10.0 Å². The van der Waals surface area contributed by atoms with Crippen molar-refractivity contribution >= 4 is 10.0 Å². The number of piperidine rings is 1. The maximum atomic E-state index is 12.0.